The molecule has 0 spiro atoms. The van der Waals surface area contributed by atoms with Crippen LogP contribution in [0.15, 0.2) is 0 Å². The van der Waals surface area contributed by atoms with Crippen LogP contribution in [0.3, 0.4) is 0 Å². The van der Waals surface area contributed by atoms with Crippen LogP contribution in [0.4, 0.5) is 0 Å². The highest BCUT2D eigenvalue weighted by atomic mass is 16.2. The number of hydrogen-bond acceptors (Lipinski definition) is 3. The highest BCUT2D eigenvalue weighted by Crippen LogP contribution is 2.34. The minimum atomic E-state index is -0.267. The van der Waals surface area contributed by atoms with Crippen molar-refractivity contribution in [2.24, 2.45) is 5.92 Å². The van der Waals surface area contributed by atoms with Gasteiger partial charge in [-0.25, -0.2) is 0 Å². The topological polar surface area (TPSA) is 49.4 Å². The summed E-state index contributed by atoms with van der Waals surface area (Å²) in [5.41, 5.74) is 0. The lowest BCUT2D eigenvalue weighted by atomic mass is 10.2. The molecule has 2 rings (SSSR count). The third kappa shape index (κ3) is 1.98. The molecule has 0 aromatic heterocycles. The van der Waals surface area contributed by atoms with Gasteiger partial charge in [0.25, 0.3) is 0 Å². The van der Waals surface area contributed by atoms with Gasteiger partial charge in [-0.15, -0.1) is 0 Å². The van der Waals surface area contributed by atoms with E-state index in [0.717, 1.165) is 12.8 Å². The van der Waals surface area contributed by atoms with Crippen LogP contribution in [0.1, 0.15) is 40.0 Å². The average molecular weight is 224 g/mol. The van der Waals surface area contributed by atoms with Crippen molar-refractivity contribution >= 4 is 11.8 Å². The van der Waals surface area contributed by atoms with Crippen molar-refractivity contribution in [3.8, 4) is 0 Å². The zero-order valence-corrected chi connectivity index (χ0v) is 10.2. The summed E-state index contributed by atoms with van der Waals surface area (Å²) in [5, 5.41) is 3.31. The first-order chi connectivity index (χ1) is 7.54. The van der Waals surface area contributed by atoms with Crippen molar-refractivity contribution < 1.29 is 9.59 Å². The molecule has 2 aliphatic rings. The van der Waals surface area contributed by atoms with Crippen LogP contribution in [-0.2, 0) is 9.59 Å². The van der Waals surface area contributed by atoms with Gasteiger partial charge in [-0.3, -0.25) is 14.5 Å². The third-order valence-corrected chi connectivity index (χ3v) is 3.56. The zero-order valence-electron chi connectivity index (χ0n) is 10.2. The molecule has 1 aliphatic heterocycles. The largest absolute Gasteiger partial charge is 0.302 e. The Bertz CT molecular complexity index is 314. The molecule has 2 fully saturated rings. The Morgan fingerprint density at radius 2 is 2.12 bits per heavy atom. The molecule has 90 valence electrons. The van der Waals surface area contributed by atoms with E-state index in [1.54, 1.807) is 0 Å². The molecule has 1 N–H and O–H groups in total. The number of rotatable bonds is 4. The zero-order chi connectivity index (χ0) is 11.9. The molecule has 1 saturated carbocycles. The monoisotopic (exact) mass is 224 g/mol. The van der Waals surface area contributed by atoms with E-state index < -0.39 is 0 Å². The second-order valence-corrected chi connectivity index (χ2v) is 5.13. The standard InChI is InChI=1S/C12H20N2O2/c1-4-8-5-9(8)13-10-6-11(15)14(7(2)3)12(10)16/h7-10,13H,4-6H2,1-3H3. The van der Waals surface area contributed by atoms with E-state index in [1.165, 1.54) is 4.90 Å². The molecular weight excluding hydrogens is 204 g/mol. The van der Waals surface area contributed by atoms with E-state index in [2.05, 4.69) is 12.2 Å². The minimum Gasteiger partial charge on any atom is -0.302 e. The SMILES string of the molecule is CCC1CC1NC1CC(=O)N(C(C)C)C1=O. The molecular formula is C12H20N2O2. The van der Waals surface area contributed by atoms with Crippen LogP contribution < -0.4 is 5.32 Å². The maximum Gasteiger partial charge on any atom is 0.247 e. The summed E-state index contributed by atoms with van der Waals surface area (Å²) in [5.74, 6) is 0.629. The van der Waals surface area contributed by atoms with E-state index >= 15 is 0 Å². The molecule has 1 heterocycles. The van der Waals surface area contributed by atoms with Crippen LogP contribution in [0.2, 0.25) is 0 Å². The van der Waals surface area contributed by atoms with E-state index in [0.29, 0.717) is 18.4 Å². The van der Waals surface area contributed by atoms with Gasteiger partial charge in [-0.2, -0.15) is 0 Å². The quantitative estimate of drug-likeness (QED) is 0.722. The number of nitrogens with one attached hydrogen (secondary N) is 1. The van der Waals surface area contributed by atoms with Crippen molar-refractivity contribution in [2.45, 2.75) is 58.2 Å². The molecule has 0 radical (unpaired) electrons. The van der Waals surface area contributed by atoms with E-state index in [-0.39, 0.29) is 23.9 Å². The molecule has 1 saturated heterocycles. The first-order valence-electron chi connectivity index (χ1n) is 6.16. The Morgan fingerprint density at radius 3 is 2.56 bits per heavy atom. The summed E-state index contributed by atoms with van der Waals surface area (Å²) in [6.45, 7) is 5.92. The highest BCUT2D eigenvalue weighted by molar-refractivity contribution is 6.05. The predicted molar refractivity (Wildman–Crippen MR) is 60.7 cm³/mol. The molecule has 0 aromatic carbocycles. The van der Waals surface area contributed by atoms with Gasteiger partial charge in [0.2, 0.25) is 11.8 Å². The predicted octanol–water partition coefficient (Wildman–Crippen LogP) is 0.910. The molecule has 4 nitrogen and oxygen atoms in total. The summed E-state index contributed by atoms with van der Waals surface area (Å²) >= 11 is 0. The fourth-order valence-corrected chi connectivity index (χ4v) is 2.49. The molecule has 16 heavy (non-hydrogen) atoms. The van der Waals surface area contributed by atoms with E-state index in [9.17, 15) is 9.59 Å². The molecule has 3 unspecified atom stereocenters. The van der Waals surface area contributed by atoms with Crippen molar-refractivity contribution in [1.82, 2.24) is 10.2 Å². The Balaban J connectivity index is 1.93. The number of hydrogen-bond donors (Lipinski definition) is 1. The fraction of sp³-hybridized carbons (Fsp3) is 0.833. The van der Waals surface area contributed by atoms with Gasteiger partial charge in [-0.05, 0) is 26.2 Å². The average Bonchev–Trinajstić information content (AvgIpc) is 2.88. The van der Waals surface area contributed by atoms with Crippen LogP contribution in [0.25, 0.3) is 0 Å². The Morgan fingerprint density at radius 1 is 1.44 bits per heavy atom. The summed E-state index contributed by atoms with van der Waals surface area (Å²) in [4.78, 5) is 25.0. The third-order valence-electron chi connectivity index (χ3n) is 3.56. The second kappa shape index (κ2) is 4.17. The number of carbonyl (C=O) groups is 2. The number of nitrogens with zero attached hydrogens (tertiary/aromatic N) is 1. The van der Waals surface area contributed by atoms with Crippen molar-refractivity contribution in [1.29, 1.82) is 0 Å². The summed E-state index contributed by atoms with van der Waals surface area (Å²) < 4.78 is 0. The first kappa shape index (κ1) is 11.6. The summed E-state index contributed by atoms with van der Waals surface area (Å²) in [7, 11) is 0. The lowest BCUT2D eigenvalue weighted by molar-refractivity contribution is -0.140. The molecule has 0 aromatic rings. The Kier molecular flexibility index (Phi) is 3.02. The first-order valence-corrected chi connectivity index (χ1v) is 6.16. The van der Waals surface area contributed by atoms with Crippen LogP contribution in [0.5, 0.6) is 0 Å². The number of amides is 2. The van der Waals surface area contributed by atoms with Crippen molar-refractivity contribution in [3.63, 3.8) is 0 Å². The minimum absolute atomic E-state index is 0.0204. The molecule has 3 atom stereocenters. The summed E-state index contributed by atoms with van der Waals surface area (Å²) in [6.07, 6.45) is 2.64. The smallest absolute Gasteiger partial charge is 0.247 e. The van der Waals surface area contributed by atoms with E-state index in [1.807, 2.05) is 13.8 Å². The van der Waals surface area contributed by atoms with Gasteiger partial charge in [0, 0.05) is 12.1 Å². The van der Waals surface area contributed by atoms with Crippen LogP contribution in [0, 0.1) is 5.92 Å². The van der Waals surface area contributed by atoms with Crippen molar-refractivity contribution in [2.75, 3.05) is 0 Å². The van der Waals surface area contributed by atoms with E-state index in [4.69, 9.17) is 0 Å². The number of imide groups is 1. The maximum atomic E-state index is 12.0. The van der Waals surface area contributed by atoms with Gasteiger partial charge in [0.15, 0.2) is 0 Å². The molecule has 4 heteroatoms. The van der Waals surface area contributed by atoms with Gasteiger partial charge in [-0.1, -0.05) is 13.3 Å². The van der Waals surface area contributed by atoms with Gasteiger partial charge in [0.1, 0.15) is 0 Å². The maximum absolute atomic E-state index is 12.0. The van der Waals surface area contributed by atoms with Gasteiger partial charge >= 0.3 is 0 Å². The fourth-order valence-electron chi connectivity index (χ4n) is 2.49. The lowest BCUT2D eigenvalue weighted by Gasteiger charge is -2.19. The highest BCUT2D eigenvalue weighted by Gasteiger charge is 2.44. The lowest BCUT2D eigenvalue weighted by Crippen LogP contribution is -2.42. The Hall–Kier alpha value is -0.900. The molecule has 1 aliphatic carbocycles. The normalized spacial score (nSPS) is 34.0. The molecule has 0 bridgehead atoms. The summed E-state index contributed by atoms with van der Waals surface area (Å²) in [6, 6.07) is 0.170. The second-order valence-electron chi connectivity index (χ2n) is 5.13. The van der Waals surface area contributed by atoms with Gasteiger partial charge < -0.3 is 5.32 Å². The Labute approximate surface area is 96.4 Å². The number of likely N-dealkylation sites (tertiary alicyclic amines) is 1. The van der Waals surface area contributed by atoms with Crippen LogP contribution >= 0.6 is 0 Å². The number of carbonyl (C=O) groups excluding carboxylic acids is 2. The van der Waals surface area contributed by atoms with Crippen LogP contribution in [-0.4, -0.2) is 34.8 Å². The van der Waals surface area contributed by atoms with Gasteiger partial charge in [0.05, 0.1) is 12.5 Å². The van der Waals surface area contributed by atoms with Crippen molar-refractivity contribution in [3.05, 3.63) is 0 Å². The molecule has 2 amide bonds.